The van der Waals surface area contributed by atoms with E-state index in [4.69, 9.17) is 16.3 Å². The normalized spacial score (nSPS) is 20.3. The number of carbonyl (C=O) groups excluding carboxylic acids is 1. The number of amides is 1. The van der Waals surface area contributed by atoms with Gasteiger partial charge in [-0.15, -0.1) is 11.6 Å². The van der Waals surface area contributed by atoms with Gasteiger partial charge in [0.25, 0.3) is 0 Å². The van der Waals surface area contributed by atoms with Crippen LogP contribution >= 0.6 is 27.5 Å². The largest absolute Gasteiger partial charge is 0.375 e. The van der Waals surface area contributed by atoms with E-state index in [0.29, 0.717) is 24.7 Å². The minimum Gasteiger partial charge on any atom is -0.375 e. The number of carbonyl (C=O) groups is 1. The Balaban J connectivity index is 2.16. The van der Waals surface area contributed by atoms with Crippen molar-refractivity contribution < 1.29 is 9.53 Å². The number of pyridine rings is 1. The second kappa shape index (κ2) is 7.60. The fourth-order valence-corrected chi connectivity index (χ4v) is 2.81. The van der Waals surface area contributed by atoms with Crippen LogP contribution in [0.2, 0.25) is 0 Å². The average molecular weight is 400 g/mol. The Labute approximate surface area is 150 Å². The van der Waals surface area contributed by atoms with Crippen molar-refractivity contribution in [3.05, 3.63) is 34.5 Å². The zero-order chi connectivity index (χ0) is 17.0. The molecule has 2 rings (SSSR count). The van der Waals surface area contributed by atoms with Gasteiger partial charge in [0.15, 0.2) is 0 Å². The number of hydrogen-bond acceptors (Lipinski definition) is 3. The van der Waals surface area contributed by atoms with Crippen molar-refractivity contribution in [2.24, 2.45) is 5.92 Å². The van der Waals surface area contributed by atoms with Crippen LogP contribution in [0.4, 0.5) is 5.82 Å². The number of anilines is 1. The van der Waals surface area contributed by atoms with Crippen LogP contribution in [0.3, 0.4) is 0 Å². The molecule has 1 fully saturated rings. The first-order valence-corrected chi connectivity index (χ1v) is 8.67. The van der Waals surface area contributed by atoms with Gasteiger partial charge in [0.05, 0.1) is 24.0 Å². The van der Waals surface area contributed by atoms with E-state index in [1.807, 2.05) is 26.0 Å². The highest BCUT2D eigenvalue weighted by atomic mass is 79.9. The lowest BCUT2D eigenvalue weighted by Crippen LogP contribution is -2.25. The highest BCUT2D eigenvalue weighted by Gasteiger charge is 2.36. The maximum Gasteiger partial charge on any atom is 0.231 e. The molecule has 1 aromatic rings. The minimum absolute atomic E-state index is 0.0687. The van der Waals surface area contributed by atoms with Gasteiger partial charge in [0, 0.05) is 10.7 Å². The van der Waals surface area contributed by atoms with Gasteiger partial charge >= 0.3 is 0 Å². The molecule has 23 heavy (non-hydrogen) atoms. The maximum atomic E-state index is 12.3. The summed E-state index contributed by atoms with van der Waals surface area (Å²) in [4.78, 5) is 16.6. The second-order valence-electron chi connectivity index (χ2n) is 6.09. The summed E-state index contributed by atoms with van der Waals surface area (Å²) in [5, 5.41) is 2.86. The van der Waals surface area contributed by atoms with Crippen molar-refractivity contribution in [3.63, 3.8) is 0 Å². The monoisotopic (exact) mass is 398 g/mol. The van der Waals surface area contributed by atoms with Gasteiger partial charge < -0.3 is 10.1 Å². The number of ether oxygens (including phenoxy) is 1. The zero-order valence-electron chi connectivity index (χ0n) is 13.2. The van der Waals surface area contributed by atoms with E-state index in [1.54, 1.807) is 12.3 Å². The highest BCUT2D eigenvalue weighted by Crippen LogP contribution is 2.30. The van der Waals surface area contributed by atoms with Gasteiger partial charge in [-0.3, -0.25) is 4.79 Å². The fraction of sp³-hybridized carbons (Fsp3) is 0.412. The number of alkyl halides is 1. The SMILES string of the molecule is C=Cc1cnc(NC(=O)C2COC(C)(C)C2)cc1/C=C(/Br)CCl. The first kappa shape index (κ1) is 18.2. The van der Waals surface area contributed by atoms with Crippen LogP contribution in [-0.2, 0) is 9.53 Å². The lowest BCUT2D eigenvalue weighted by Gasteiger charge is -2.15. The molecular weight excluding hydrogens is 380 g/mol. The molecule has 1 amide bonds. The molecule has 0 spiro atoms. The summed E-state index contributed by atoms with van der Waals surface area (Å²) >= 11 is 9.18. The highest BCUT2D eigenvalue weighted by molar-refractivity contribution is 9.11. The third kappa shape index (κ3) is 4.90. The number of allylic oxidation sites excluding steroid dienone is 1. The van der Waals surface area contributed by atoms with Crippen molar-refractivity contribution in [1.82, 2.24) is 4.98 Å². The first-order valence-electron chi connectivity index (χ1n) is 7.34. The number of aromatic nitrogens is 1. The first-order chi connectivity index (χ1) is 10.8. The quantitative estimate of drug-likeness (QED) is 0.744. The Kier molecular flexibility index (Phi) is 6.00. The predicted molar refractivity (Wildman–Crippen MR) is 98.7 cm³/mol. The number of rotatable bonds is 5. The molecule has 1 aromatic heterocycles. The molecule has 0 saturated carbocycles. The van der Waals surface area contributed by atoms with E-state index < -0.39 is 0 Å². The molecule has 1 N–H and O–H groups in total. The molecule has 0 radical (unpaired) electrons. The third-order valence-corrected chi connectivity index (χ3v) is 4.78. The van der Waals surface area contributed by atoms with Gasteiger partial charge in [-0.25, -0.2) is 4.98 Å². The summed E-state index contributed by atoms with van der Waals surface area (Å²) in [6.07, 6.45) is 5.99. The average Bonchev–Trinajstić information content (AvgIpc) is 2.87. The van der Waals surface area contributed by atoms with E-state index >= 15 is 0 Å². The molecular formula is C17H20BrClN2O2. The van der Waals surface area contributed by atoms with E-state index in [1.165, 1.54) is 0 Å². The van der Waals surface area contributed by atoms with Crippen LogP contribution in [0.5, 0.6) is 0 Å². The molecule has 4 nitrogen and oxygen atoms in total. The van der Waals surface area contributed by atoms with Crippen LogP contribution in [-0.4, -0.2) is 29.0 Å². The molecule has 124 valence electrons. The van der Waals surface area contributed by atoms with E-state index in [9.17, 15) is 4.79 Å². The van der Waals surface area contributed by atoms with Crippen molar-refractivity contribution in [2.75, 3.05) is 17.8 Å². The Morgan fingerprint density at radius 3 is 2.91 bits per heavy atom. The lowest BCUT2D eigenvalue weighted by atomic mass is 9.97. The summed E-state index contributed by atoms with van der Waals surface area (Å²) in [6, 6.07) is 1.81. The topological polar surface area (TPSA) is 51.2 Å². The molecule has 2 heterocycles. The molecule has 1 aliphatic rings. The van der Waals surface area contributed by atoms with Gasteiger partial charge in [-0.1, -0.05) is 28.6 Å². The van der Waals surface area contributed by atoms with Gasteiger partial charge in [-0.2, -0.15) is 0 Å². The van der Waals surface area contributed by atoms with Crippen LogP contribution in [0.15, 0.2) is 23.3 Å². The second-order valence-corrected chi connectivity index (χ2v) is 7.37. The Morgan fingerprint density at radius 2 is 2.35 bits per heavy atom. The number of nitrogens with one attached hydrogen (secondary N) is 1. The van der Waals surface area contributed by atoms with Crippen molar-refractivity contribution in [3.8, 4) is 0 Å². The van der Waals surface area contributed by atoms with Gasteiger partial charge in [0.1, 0.15) is 5.82 Å². The van der Waals surface area contributed by atoms with Crippen LogP contribution in [0.1, 0.15) is 31.4 Å². The lowest BCUT2D eigenvalue weighted by molar-refractivity contribution is -0.119. The molecule has 0 bridgehead atoms. The van der Waals surface area contributed by atoms with E-state index in [0.717, 1.165) is 15.6 Å². The molecule has 6 heteroatoms. The van der Waals surface area contributed by atoms with Crippen LogP contribution < -0.4 is 5.32 Å². The minimum atomic E-state index is -0.249. The smallest absolute Gasteiger partial charge is 0.231 e. The van der Waals surface area contributed by atoms with Gasteiger partial charge in [-0.05, 0) is 43.5 Å². The Morgan fingerprint density at radius 1 is 1.61 bits per heavy atom. The van der Waals surface area contributed by atoms with Crippen molar-refractivity contribution in [1.29, 1.82) is 0 Å². The van der Waals surface area contributed by atoms with Crippen LogP contribution in [0, 0.1) is 5.92 Å². The third-order valence-electron chi connectivity index (χ3n) is 3.66. The molecule has 1 aliphatic heterocycles. The van der Waals surface area contributed by atoms with Crippen molar-refractivity contribution in [2.45, 2.75) is 25.9 Å². The maximum absolute atomic E-state index is 12.3. The molecule has 1 unspecified atom stereocenters. The predicted octanol–water partition coefficient (Wildman–Crippen LogP) is 4.45. The van der Waals surface area contributed by atoms with Crippen LogP contribution in [0.25, 0.3) is 12.2 Å². The summed E-state index contributed by atoms with van der Waals surface area (Å²) < 4.78 is 6.46. The number of nitrogens with zero attached hydrogens (tertiary/aromatic N) is 1. The fourth-order valence-electron chi connectivity index (χ4n) is 2.49. The van der Waals surface area contributed by atoms with Crippen molar-refractivity contribution >= 4 is 51.4 Å². The summed E-state index contributed by atoms with van der Waals surface area (Å²) in [6.45, 7) is 8.19. The molecule has 0 aliphatic carbocycles. The molecule has 0 aromatic carbocycles. The number of hydrogen-bond donors (Lipinski definition) is 1. The number of halogens is 2. The Bertz CT molecular complexity index is 643. The summed E-state index contributed by atoms with van der Waals surface area (Å²) in [5.41, 5.74) is 1.51. The molecule has 1 saturated heterocycles. The van der Waals surface area contributed by atoms with Gasteiger partial charge in [0.2, 0.25) is 5.91 Å². The van der Waals surface area contributed by atoms with E-state index in [2.05, 4.69) is 32.8 Å². The Hall–Kier alpha value is -1.17. The standard InChI is InChI=1S/C17H20BrClN2O2/c1-4-11-9-20-15(6-12(11)5-14(18)8-19)21-16(22)13-7-17(2,3)23-10-13/h4-6,9,13H,1,7-8,10H2,2-3H3,(H,20,21,22)/b14-5+. The summed E-state index contributed by atoms with van der Waals surface area (Å²) in [7, 11) is 0. The zero-order valence-corrected chi connectivity index (χ0v) is 15.6. The summed E-state index contributed by atoms with van der Waals surface area (Å²) in [5.74, 6) is 0.654. The van der Waals surface area contributed by atoms with E-state index in [-0.39, 0.29) is 17.4 Å². The molecule has 1 atom stereocenters.